The van der Waals surface area contributed by atoms with Crippen LogP contribution in [-0.4, -0.2) is 0 Å². The molecule has 9 aliphatic carbocycles. The molecule has 0 heteroatoms. The summed E-state index contributed by atoms with van der Waals surface area (Å²) in [6.45, 7) is 39.1. The fraction of sp³-hybridized carbons (Fsp3) is 0.965. The van der Waals surface area contributed by atoms with E-state index >= 15 is 0 Å². The summed E-state index contributed by atoms with van der Waals surface area (Å²) in [4.78, 5) is 0. The van der Waals surface area contributed by atoms with Crippen LogP contribution in [0.15, 0.2) is 11.6 Å². The summed E-state index contributed by atoms with van der Waals surface area (Å²) in [5.74, 6) is 15.2. The SMILES string of the molecule is CCCC(CC1(C)C(C)C1(C)C)C1(CC)CC=C(C)C(C(CC)C(C)C(C)CCC(CC)C2CCC3CC4(C5C6CC(C)C6C5C2)C2(CC2)C34C(C)C(C)CC)C1. The predicted molar refractivity (Wildman–Crippen MR) is 247 cm³/mol. The van der Waals surface area contributed by atoms with E-state index in [2.05, 4.69) is 110 Å². The second kappa shape index (κ2) is 14.9. The fourth-order valence-electron chi connectivity index (χ4n) is 20.2. The standard InChI is InChI=1S/C57H98/c1-16-21-44(32-53(15)41(12)52(53,13)14)54(20-5)27-26-37(8)49(34-54)46(19-4)39(10)36(7)22-23-42(18-3)43-24-25-45-33-56(51-47-30-38(9)50(47)48(51)31-43)55(28-29-55)57(45,56)40(11)35(6)17-2/h26,35-36,38-51H,16-25,27-34H2,1-15H3. The van der Waals surface area contributed by atoms with Crippen molar-refractivity contribution in [1.29, 1.82) is 0 Å². The monoisotopic (exact) mass is 783 g/mol. The summed E-state index contributed by atoms with van der Waals surface area (Å²) >= 11 is 0. The Morgan fingerprint density at radius 2 is 1.47 bits per heavy atom. The van der Waals surface area contributed by atoms with Gasteiger partial charge in [-0.1, -0.05) is 147 Å². The lowest BCUT2D eigenvalue weighted by molar-refractivity contribution is -0.216. The average Bonchev–Trinajstić information content (AvgIpc) is 4.10. The van der Waals surface area contributed by atoms with Crippen LogP contribution in [0.5, 0.6) is 0 Å². The minimum atomic E-state index is 0.489. The fourth-order valence-corrected chi connectivity index (χ4v) is 20.2. The Bertz CT molecular complexity index is 1480. The van der Waals surface area contributed by atoms with Gasteiger partial charge >= 0.3 is 0 Å². The first-order valence-corrected chi connectivity index (χ1v) is 26.6. The van der Waals surface area contributed by atoms with E-state index in [-0.39, 0.29) is 0 Å². The third-order valence-corrected chi connectivity index (χ3v) is 24.8. The molecule has 2 bridgehead atoms. The summed E-state index contributed by atoms with van der Waals surface area (Å²) in [6, 6.07) is 0. The van der Waals surface area contributed by atoms with Gasteiger partial charge in [-0.05, 0) is 211 Å². The van der Waals surface area contributed by atoms with Crippen LogP contribution in [0.25, 0.3) is 0 Å². The van der Waals surface area contributed by atoms with Gasteiger partial charge in [-0.15, -0.1) is 0 Å². The molecule has 8 fully saturated rings. The van der Waals surface area contributed by atoms with Gasteiger partial charge in [0.25, 0.3) is 0 Å². The van der Waals surface area contributed by atoms with E-state index < -0.39 is 0 Å². The summed E-state index contributed by atoms with van der Waals surface area (Å²) in [7, 11) is 0. The lowest BCUT2D eigenvalue weighted by atomic mass is 9.35. The topological polar surface area (TPSA) is 0 Å². The zero-order valence-corrected chi connectivity index (χ0v) is 41.0. The van der Waals surface area contributed by atoms with Crippen LogP contribution in [0.3, 0.4) is 0 Å². The van der Waals surface area contributed by atoms with E-state index in [9.17, 15) is 0 Å². The molecule has 0 aromatic heterocycles. The van der Waals surface area contributed by atoms with Crippen LogP contribution in [0.1, 0.15) is 219 Å². The smallest absolute Gasteiger partial charge is 0.0114 e. The predicted octanol–water partition coefficient (Wildman–Crippen LogP) is 17.1. The zero-order valence-electron chi connectivity index (χ0n) is 41.0. The van der Waals surface area contributed by atoms with E-state index in [4.69, 9.17) is 0 Å². The molecule has 2 spiro atoms. The summed E-state index contributed by atoms with van der Waals surface area (Å²) < 4.78 is 0. The molecule has 0 radical (unpaired) electrons. The minimum Gasteiger partial charge on any atom is -0.0848 e. The zero-order chi connectivity index (χ0) is 41.2. The van der Waals surface area contributed by atoms with Crippen LogP contribution in [0.2, 0.25) is 0 Å². The number of fused-ring (bicyclic) bond motifs is 4. The van der Waals surface area contributed by atoms with Gasteiger partial charge in [-0.2, -0.15) is 0 Å². The van der Waals surface area contributed by atoms with Crippen molar-refractivity contribution in [3.8, 4) is 0 Å². The molecule has 0 nitrogen and oxygen atoms in total. The molecule has 0 aromatic rings. The number of rotatable bonds is 18. The van der Waals surface area contributed by atoms with Crippen LogP contribution in [0, 0.1) is 127 Å². The Morgan fingerprint density at radius 3 is 2.04 bits per heavy atom. The van der Waals surface area contributed by atoms with Crippen molar-refractivity contribution >= 4 is 0 Å². The Morgan fingerprint density at radius 1 is 0.789 bits per heavy atom. The maximum atomic E-state index is 2.78. The van der Waals surface area contributed by atoms with Crippen LogP contribution in [0.4, 0.5) is 0 Å². The van der Waals surface area contributed by atoms with Gasteiger partial charge in [0.05, 0.1) is 0 Å². The van der Waals surface area contributed by atoms with Gasteiger partial charge < -0.3 is 0 Å². The maximum Gasteiger partial charge on any atom is -0.0114 e. The lowest BCUT2D eigenvalue weighted by Gasteiger charge is -2.69. The quantitative estimate of drug-likeness (QED) is 0.122. The molecule has 0 heterocycles. The van der Waals surface area contributed by atoms with Crippen LogP contribution in [-0.2, 0) is 0 Å². The van der Waals surface area contributed by atoms with Crippen molar-refractivity contribution in [3.63, 3.8) is 0 Å². The normalized spacial score (nSPS) is 47.9. The van der Waals surface area contributed by atoms with E-state index in [0.717, 1.165) is 111 Å². The third kappa shape index (κ3) is 5.72. The van der Waals surface area contributed by atoms with Crippen LogP contribution >= 0.6 is 0 Å². The molecule has 20 unspecified atom stereocenters. The molecular formula is C57H98. The minimum absolute atomic E-state index is 0.489. The summed E-state index contributed by atoms with van der Waals surface area (Å²) in [5.41, 5.74) is 5.61. The van der Waals surface area contributed by atoms with Crippen molar-refractivity contribution < 1.29 is 0 Å². The largest absolute Gasteiger partial charge is 0.0848 e. The molecule has 57 heavy (non-hydrogen) atoms. The van der Waals surface area contributed by atoms with Gasteiger partial charge in [0.1, 0.15) is 0 Å². The van der Waals surface area contributed by atoms with Crippen molar-refractivity contribution in [2.75, 3.05) is 0 Å². The van der Waals surface area contributed by atoms with Crippen molar-refractivity contribution in [1.82, 2.24) is 0 Å². The molecular weight excluding hydrogens is 685 g/mol. The Labute approximate surface area is 356 Å². The molecule has 326 valence electrons. The Kier molecular flexibility index (Phi) is 11.4. The first-order valence-electron chi connectivity index (χ1n) is 26.6. The van der Waals surface area contributed by atoms with Gasteiger partial charge in [-0.25, -0.2) is 0 Å². The van der Waals surface area contributed by atoms with Crippen LogP contribution < -0.4 is 0 Å². The molecule has 0 saturated heterocycles. The second-order valence-electron chi connectivity index (χ2n) is 25.6. The highest BCUT2D eigenvalue weighted by atomic mass is 15.0. The molecule has 0 amide bonds. The van der Waals surface area contributed by atoms with E-state index in [1.807, 2.05) is 0 Å². The number of hydrogen-bond donors (Lipinski definition) is 0. The van der Waals surface area contributed by atoms with Crippen molar-refractivity contribution in [2.45, 2.75) is 219 Å². The highest BCUT2D eigenvalue weighted by Gasteiger charge is 3.01. The van der Waals surface area contributed by atoms with Crippen molar-refractivity contribution in [2.24, 2.45) is 127 Å². The second-order valence-corrected chi connectivity index (χ2v) is 25.6. The molecule has 0 aliphatic heterocycles. The third-order valence-electron chi connectivity index (χ3n) is 24.8. The molecule has 0 aromatic carbocycles. The van der Waals surface area contributed by atoms with Crippen molar-refractivity contribution in [3.05, 3.63) is 11.6 Å². The van der Waals surface area contributed by atoms with E-state index in [1.165, 1.54) is 70.6 Å². The van der Waals surface area contributed by atoms with E-state index in [1.54, 1.807) is 50.5 Å². The number of allylic oxidation sites excluding steroid dienone is 2. The summed E-state index contributed by atoms with van der Waals surface area (Å²) in [6.07, 6.45) is 29.5. The highest BCUT2D eigenvalue weighted by molar-refractivity contribution is 5.48. The highest BCUT2D eigenvalue weighted by Crippen LogP contribution is 3.06. The number of hydrogen-bond acceptors (Lipinski definition) is 0. The average molecular weight is 783 g/mol. The molecule has 20 atom stereocenters. The molecule has 9 rings (SSSR count). The molecule has 9 aliphatic rings. The van der Waals surface area contributed by atoms with Gasteiger partial charge in [0.2, 0.25) is 0 Å². The van der Waals surface area contributed by atoms with Gasteiger partial charge in [0, 0.05) is 0 Å². The molecule has 0 N–H and O–H groups in total. The van der Waals surface area contributed by atoms with Gasteiger partial charge in [0.15, 0.2) is 0 Å². The first kappa shape index (κ1) is 43.4. The lowest BCUT2D eigenvalue weighted by Crippen LogP contribution is -2.64. The molecule has 8 saturated carbocycles. The van der Waals surface area contributed by atoms with Gasteiger partial charge in [-0.3, -0.25) is 0 Å². The Balaban J connectivity index is 0.956. The Hall–Kier alpha value is -0.260. The summed E-state index contributed by atoms with van der Waals surface area (Å²) in [5, 5.41) is 0. The first-order chi connectivity index (χ1) is 27.0. The van der Waals surface area contributed by atoms with E-state index in [0.29, 0.717) is 16.2 Å². The maximum absolute atomic E-state index is 2.78.